The molecule has 1 aromatic carbocycles. The van der Waals surface area contributed by atoms with Gasteiger partial charge in [0.05, 0.1) is 30.8 Å². The molecule has 0 saturated carbocycles. The van der Waals surface area contributed by atoms with Gasteiger partial charge in [0.15, 0.2) is 0 Å². The predicted molar refractivity (Wildman–Crippen MR) is 98.5 cm³/mol. The van der Waals surface area contributed by atoms with Crippen LogP contribution < -0.4 is 14.8 Å². The number of hydrogen-bond donors (Lipinski definition) is 1. The molecule has 7 heteroatoms. The number of carbonyl (C=O) groups is 1. The number of nitrogens with one attached hydrogen (secondary N) is 1. The minimum atomic E-state index is -0.0945. The van der Waals surface area contributed by atoms with Crippen LogP contribution in [0.2, 0.25) is 4.34 Å². The molecule has 2 aromatic rings. The van der Waals surface area contributed by atoms with E-state index < -0.39 is 0 Å². The maximum atomic E-state index is 12.3. The van der Waals surface area contributed by atoms with Crippen molar-refractivity contribution in [2.75, 3.05) is 32.6 Å². The first-order valence-corrected chi connectivity index (χ1v) is 8.73. The molecule has 1 heterocycles. The lowest BCUT2D eigenvalue weighted by Gasteiger charge is -2.19. The molecule has 0 spiro atoms. The van der Waals surface area contributed by atoms with E-state index >= 15 is 0 Å². The van der Waals surface area contributed by atoms with Gasteiger partial charge in [-0.05, 0) is 30.8 Å². The van der Waals surface area contributed by atoms with Crippen LogP contribution in [0.1, 0.15) is 11.8 Å². The molecule has 1 amide bonds. The van der Waals surface area contributed by atoms with E-state index in [1.165, 1.54) is 11.3 Å². The smallest absolute Gasteiger partial charge is 0.238 e. The quantitative estimate of drug-likeness (QED) is 0.768. The van der Waals surface area contributed by atoms with Crippen LogP contribution in [0.3, 0.4) is 0 Å². The van der Waals surface area contributed by atoms with E-state index in [9.17, 15) is 4.79 Å². The van der Waals surface area contributed by atoms with Crippen molar-refractivity contribution in [2.45, 2.75) is 13.5 Å². The normalized spacial score (nSPS) is 10.7. The molecule has 0 aliphatic heterocycles. The number of anilines is 1. The molecule has 0 aliphatic rings. The van der Waals surface area contributed by atoms with Crippen LogP contribution in [0.25, 0.3) is 0 Å². The van der Waals surface area contributed by atoms with Gasteiger partial charge >= 0.3 is 0 Å². The Morgan fingerprint density at radius 2 is 2.04 bits per heavy atom. The van der Waals surface area contributed by atoms with Crippen LogP contribution in [-0.2, 0) is 11.3 Å². The fourth-order valence-corrected chi connectivity index (χ4v) is 3.36. The van der Waals surface area contributed by atoms with Crippen molar-refractivity contribution in [2.24, 2.45) is 0 Å². The lowest BCUT2D eigenvalue weighted by Crippen LogP contribution is -2.32. The van der Waals surface area contributed by atoms with Gasteiger partial charge in [0, 0.05) is 17.5 Å². The van der Waals surface area contributed by atoms with E-state index in [1.807, 2.05) is 24.0 Å². The van der Waals surface area contributed by atoms with Crippen LogP contribution >= 0.6 is 22.9 Å². The van der Waals surface area contributed by atoms with Crippen molar-refractivity contribution in [3.8, 4) is 11.5 Å². The van der Waals surface area contributed by atoms with Gasteiger partial charge in [-0.25, -0.2) is 0 Å². The molecule has 24 heavy (non-hydrogen) atoms. The number of hydrogen-bond acceptors (Lipinski definition) is 5. The van der Waals surface area contributed by atoms with Crippen LogP contribution in [0.4, 0.5) is 5.69 Å². The molecule has 0 unspecified atom stereocenters. The Hall–Kier alpha value is -1.76. The Kier molecular flexibility index (Phi) is 6.90. The van der Waals surface area contributed by atoms with Crippen LogP contribution in [0.15, 0.2) is 30.3 Å². The number of carbonyl (C=O) groups excluding carboxylic acids is 1. The molecule has 0 atom stereocenters. The first-order valence-electron chi connectivity index (χ1n) is 7.54. The summed E-state index contributed by atoms with van der Waals surface area (Å²) in [5, 5.41) is 2.88. The number of ether oxygens (including phenoxy) is 2. The van der Waals surface area contributed by atoms with E-state index in [0.717, 1.165) is 15.8 Å². The van der Waals surface area contributed by atoms with Gasteiger partial charge in [0.2, 0.25) is 5.91 Å². The highest BCUT2D eigenvalue weighted by Gasteiger charge is 2.13. The molecule has 0 radical (unpaired) electrons. The zero-order valence-electron chi connectivity index (χ0n) is 14.0. The number of benzene rings is 1. The number of nitrogens with zero attached hydrogens (tertiary/aromatic N) is 1. The molecular formula is C17H21ClN2O3S. The monoisotopic (exact) mass is 368 g/mol. The second-order valence-electron chi connectivity index (χ2n) is 5.12. The van der Waals surface area contributed by atoms with Crippen LogP contribution in [0.5, 0.6) is 11.5 Å². The average Bonchev–Trinajstić information content (AvgIpc) is 2.99. The minimum absolute atomic E-state index is 0.0945. The maximum Gasteiger partial charge on any atom is 0.238 e. The Balaban J connectivity index is 1.98. The van der Waals surface area contributed by atoms with Gasteiger partial charge in [-0.2, -0.15) is 0 Å². The molecule has 2 rings (SSSR count). The molecule has 0 aliphatic carbocycles. The second kappa shape index (κ2) is 8.92. The summed E-state index contributed by atoms with van der Waals surface area (Å²) in [6, 6.07) is 9.15. The summed E-state index contributed by atoms with van der Waals surface area (Å²) in [4.78, 5) is 15.5. The maximum absolute atomic E-state index is 12.3. The summed E-state index contributed by atoms with van der Waals surface area (Å²) in [5.41, 5.74) is 0.624. The van der Waals surface area contributed by atoms with Crippen molar-refractivity contribution >= 4 is 34.5 Å². The minimum Gasteiger partial charge on any atom is -0.497 e. The van der Waals surface area contributed by atoms with E-state index in [4.69, 9.17) is 21.1 Å². The van der Waals surface area contributed by atoms with Crippen molar-refractivity contribution in [3.63, 3.8) is 0 Å². The Morgan fingerprint density at radius 3 is 2.62 bits per heavy atom. The van der Waals surface area contributed by atoms with Gasteiger partial charge in [-0.1, -0.05) is 18.5 Å². The third kappa shape index (κ3) is 5.12. The number of methoxy groups -OCH3 is 2. The summed E-state index contributed by atoms with van der Waals surface area (Å²) in [7, 11) is 3.15. The van der Waals surface area contributed by atoms with Gasteiger partial charge in [0.25, 0.3) is 0 Å². The van der Waals surface area contributed by atoms with Crippen LogP contribution in [-0.4, -0.2) is 38.1 Å². The third-order valence-electron chi connectivity index (χ3n) is 3.51. The van der Waals surface area contributed by atoms with Gasteiger partial charge in [-0.15, -0.1) is 11.3 Å². The lowest BCUT2D eigenvalue weighted by molar-refractivity contribution is -0.117. The van der Waals surface area contributed by atoms with Crippen molar-refractivity contribution in [1.82, 2.24) is 4.90 Å². The fraction of sp³-hybridized carbons (Fsp3) is 0.353. The summed E-state index contributed by atoms with van der Waals surface area (Å²) < 4.78 is 11.2. The molecule has 0 bridgehead atoms. The zero-order chi connectivity index (χ0) is 17.5. The topological polar surface area (TPSA) is 50.8 Å². The number of halogens is 1. The van der Waals surface area contributed by atoms with E-state index in [1.54, 1.807) is 32.4 Å². The Labute approximate surface area is 151 Å². The van der Waals surface area contributed by atoms with Gasteiger partial charge in [-0.3, -0.25) is 9.69 Å². The second-order valence-corrected chi connectivity index (χ2v) is 6.92. The highest BCUT2D eigenvalue weighted by atomic mass is 35.5. The Bertz CT molecular complexity index is 690. The Morgan fingerprint density at radius 1 is 1.25 bits per heavy atom. The molecule has 1 N–H and O–H groups in total. The van der Waals surface area contributed by atoms with Crippen LogP contribution in [0, 0.1) is 0 Å². The summed E-state index contributed by atoms with van der Waals surface area (Å²) in [5.74, 6) is 1.15. The van der Waals surface area contributed by atoms with Crippen molar-refractivity contribution in [1.29, 1.82) is 0 Å². The number of amides is 1. The van der Waals surface area contributed by atoms with E-state index in [-0.39, 0.29) is 5.91 Å². The standard InChI is InChI=1S/C17H21ClN2O3S/c1-4-20(10-13-6-8-16(18)24-13)11-17(21)19-14-7-5-12(22-2)9-15(14)23-3/h5-9H,4,10-11H2,1-3H3,(H,19,21). The average molecular weight is 369 g/mol. The largest absolute Gasteiger partial charge is 0.497 e. The molecular weight excluding hydrogens is 348 g/mol. The third-order valence-corrected chi connectivity index (χ3v) is 4.72. The highest BCUT2D eigenvalue weighted by Crippen LogP contribution is 2.29. The van der Waals surface area contributed by atoms with E-state index in [2.05, 4.69) is 5.32 Å². The molecule has 1 aromatic heterocycles. The molecule has 5 nitrogen and oxygen atoms in total. The first-order chi connectivity index (χ1) is 11.5. The van der Waals surface area contributed by atoms with Gasteiger partial charge in [0.1, 0.15) is 11.5 Å². The highest BCUT2D eigenvalue weighted by molar-refractivity contribution is 7.16. The van der Waals surface area contributed by atoms with Crippen molar-refractivity contribution < 1.29 is 14.3 Å². The SMILES string of the molecule is CCN(CC(=O)Nc1ccc(OC)cc1OC)Cc1ccc(Cl)s1. The molecule has 0 fully saturated rings. The number of likely N-dealkylation sites (N-methyl/N-ethyl adjacent to an activating group) is 1. The van der Waals surface area contributed by atoms with E-state index in [0.29, 0.717) is 30.3 Å². The summed E-state index contributed by atoms with van der Waals surface area (Å²) in [6.07, 6.45) is 0. The molecule has 0 saturated heterocycles. The molecule has 130 valence electrons. The summed E-state index contributed by atoms with van der Waals surface area (Å²) in [6.45, 7) is 3.78. The van der Waals surface area contributed by atoms with Gasteiger partial charge < -0.3 is 14.8 Å². The number of thiophene rings is 1. The zero-order valence-corrected chi connectivity index (χ0v) is 15.5. The predicted octanol–water partition coefficient (Wildman–Crippen LogP) is 3.88. The summed E-state index contributed by atoms with van der Waals surface area (Å²) >= 11 is 7.49. The van der Waals surface area contributed by atoms with Crippen molar-refractivity contribution in [3.05, 3.63) is 39.5 Å². The first kappa shape index (κ1) is 18.6. The fourth-order valence-electron chi connectivity index (χ4n) is 2.23. The number of rotatable bonds is 8. The lowest BCUT2D eigenvalue weighted by atomic mass is 10.2.